The van der Waals surface area contributed by atoms with E-state index in [9.17, 15) is 8.78 Å². The largest absolute Gasteiger partial charge is 0.399 e. The van der Waals surface area contributed by atoms with Gasteiger partial charge in [0.25, 0.3) is 6.43 Å². The van der Waals surface area contributed by atoms with Gasteiger partial charge in [0, 0.05) is 16.9 Å². The molecule has 104 valence electrons. The van der Waals surface area contributed by atoms with Gasteiger partial charge >= 0.3 is 0 Å². The van der Waals surface area contributed by atoms with Gasteiger partial charge in [0.1, 0.15) is 0 Å². The maximum Gasteiger partial charge on any atom is 0.266 e. The number of alkyl halides is 2. The van der Waals surface area contributed by atoms with Crippen LogP contribution in [0.2, 0.25) is 0 Å². The first-order chi connectivity index (χ1) is 9.47. The number of nitrogens with two attached hydrogens (primary N) is 2. The maximum atomic E-state index is 12.9. The zero-order chi connectivity index (χ0) is 14.7. The molecule has 0 radical (unpaired) electrons. The number of hydrogen-bond donors (Lipinski definition) is 2. The van der Waals surface area contributed by atoms with Gasteiger partial charge in [-0.3, -0.25) is 0 Å². The van der Waals surface area contributed by atoms with Crippen LogP contribution in [0.25, 0.3) is 0 Å². The normalized spacial score (nSPS) is 11.4. The Bertz CT molecular complexity index is 654. The molecule has 6 heteroatoms. The van der Waals surface area contributed by atoms with E-state index in [1.807, 2.05) is 6.92 Å². The van der Waals surface area contributed by atoms with Crippen LogP contribution < -0.4 is 11.5 Å². The summed E-state index contributed by atoms with van der Waals surface area (Å²) >= 11 is 0. The van der Waals surface area contributed by atoms with E-state index < -0.39 is 6.43 Å². The van der Waals surface area contributed by atoms with Crippen LogP contribution in [0.5, 0.6) is 0 Å². The van der Waals surface area contributed by atoms with E-state index in [0.29, 0.717) is 11.4 Å². The Morgan fingerprint density at radius 2 is 1.45 bits per heavy atom. The second-order valence-electron chi connectivity index (χ2n) is 4.36. The second kappa shape index (κ2) is 5.64. The Morgan fingerprint density at radius 1 is 0.900 bits per heavy atom. The van der Waals surface area contributed by atoms with Crippen molar-refractivity contribution in [3.05, 3.63) is 47.5 Å². The van der Waals surface area contributed by atoms with Crippen molar-refractivity contribution in [2.75, 3.05) is 11.5 Å². The van der Waals surface area contributed by atoms with Crippen LogP contribution in [0, 0.1) is 6.92 Å². The quantitative estimate of drug-likeness (QED) is 0.639. The van der Waals surface area contributed by atoms with Crippen LogP contribution in [-0.4, -0.2) is 0 Å². The molecule has 4 N–H and O–H groups in total. The molecule has 0 fully saturated rings. The smallest absolute Gasteiger partial charge is 0.266 e. The molecule has 2 rings (SSSR count). The van der Waals surface area contributed by atoms with E-state index in [1.54, 1.807) is 18.2 Å². The number of nitrogens with zero attached hydrogens (tertiary/aromatic N) is 2. The first kappa shape index (κ1) is 13.9. The molecule has 0 saturated carbocycles. The minimum Gasteiger partial charge on any atom is -0.399 e. The number of anilines is 2. The lowest BCUT2D eigenvalue weighted by Crippen LogP contribution is -1.90. The third kappa shape index (κ3) is 3.09. The molecule has 2 aromatic carbocycles. The molecular weight excluding hydrogens is 262 g/mol. The number of benzene rings is 2. The van der Waals surface area contributed by atoms with E-state index in [0.717, 1.165) is 5.56 Å². The van der Waals surface area contributed by atoms with Gasteiger partial charge in [0.05, 0.1) is 11.4 Å². The number of hydrogen-bond acceptors (Lipinski definition) is 4. The average Bonchev–Trinajstić information content (AvgIpc) is 2.38. The lowest BCUT2D eigenvalue weighted by molar-refractivity contribution is 0.152. The lowest BCUT2D eigenvalue weighted by Gasteiger charge is -2.05. The molecule has 0 amide bonds. The molecule has 0 aliphatic rings. The first-order valence-electron chi connectivity index (χ1n) is 5.93. The fourth-order valence-corrected chi connectivity index (χ4v) is 1.74. The standard InChI is InChI=1S/C14H14F2N4/c1-8-6-9(17)2-4-12(8)19-20-13-5-3-10(18)7-11(13)14(15)16/h2-7,14H,17-18H2,1H3. The predicted molar refractivity (Wildman–Crippen MR) is 75.6 cm³/mol. The van der Waals surface area contributed by atoms with E-state index in [1.165, 1.54) is 18.2 Å². The summed E-state index contributed by atoms with van der Waals surface area (Å²) in [5, 5.41) is 7.86. The van der Waals surface area contributed by atoms with E-state index in [2.05, 4.69) is 10.2 Å². The molecule has 0 aliphatic heterocycles. The zero-order valence-electron chi connectivity index (χ0n) is 10.8. The summed E-state index contributed by atoms with van der Waals surface area (Å²) < 4.78 is 25.8. The Balaban J connectivity index is 2.36. The molecule has 0 heterocycles. The summed E-state index contributed by atoms with van der Waals surface area (Å²) in [7, 11) is 0. The molecule has 0 saturated heterocycles. The van der Waals surface area contributed by atoms with Gasteiger partial charge in [-0.25, -0.2) is 8.78 Å². The summed E-state index contributed by atoms with van der Waals surface area (Å²) in [6, 6.07) is 9.25. The molecule has 0 bridgehead atoms. The number of nitrogen functional groups attached to an aromatic ring is 2. The van der Waals surface area contributed by atoms with Crippen LogP contribution in [0.15, 0.2) is 46.6 Å². The average molecular weight is 276 g/mol. The van der Waals surface area contributed by atoms with E-state index in [4.69, 9.17) is 11.5 Å². The van der Waals surface area contributed by atoms with Crippen LogP contribution in [0.4, 0.5) is 31.5 Å². The molecule has 2 aromatic rings. The molecule has 0 aromatic heterocycles. The van der Waals surface area contributed by atoms with Gasteiger partial charge < -0.3 is 11.5 Å². The van der Waals surface area contributed by atoms with Gasteiger partial charge in [-0.2, -0.15) is 10.2 Å². The summed E-state index contributed by atoms with van der Waals surface area (Å²) in [6.45, 7) is 1.82. The highest BCUT2D eigenvalue weighted by Crippen LogP contribution is 2.32. The van der Waals surface area contributed by atoms with Crippen molar-refractivity contribution in [1.29, 1.82) is 0 Å². The van der Waals surface area contributed by atoms with Gasteiger partial charge in [-0.15, -0.1) is 0 Å². The van der Waals surface area contributed by atoms with Gasteiger partial charge in [0.2, 0.25) is 0 Å². The molecule has 0 aliphatic carbocycles. The van der Waals surface area contributed by atoms with Crippen molar-refractivity contribution in [2.45, 2.75) is 13.3 Å². The predicted octanol–water partition coefficient (Wildman–Crippen LogP) is 4.51. The van der Waals surface area contributed by atoms with Crippen molar-refractivity contribution in [3.63, 3.8) is 0 Å². The Kier molecular flexibility index (Phi) is 3.93. The highest BCUT2D eigenvalue weighted by atomic mass is 19.3. The van der Waals surface area contributed by atoms with Crippen LogP contribution >= 0.6 is 0 Å². The molecule has 4 nitrogen and oxygen atoms in total. The molecular formula is C14H14F2N4. The van der Waals surface area contributed by atoms with Crippen LogP contribution in [-0.2, 0) is 0 Å². The summed E-state index contributed by atoms with van der Waals surface area (Å²) in [4.78, 5) is 0. The van der Waals surface area contributed by atoms with Crippen molar-refractivity contribution >= 4 is 22.7 Å². The van der Waals surface area contributed by atoms with Crippen molar-refractivity contribution in [3.8, 4) is 0 Å². The van der Waals surface area contributed by atoms with E-state index in [-0.39, 0.29) is 16.9 Å². The Hall–Kier alpha value is -2.50. The number of rotatable bonds is 3. The van der Waals surface area contributed by atoms with Gasteiger partial charge in [0.15, 0.2) is 0 Å². The molecule has 0 unspecified atom stereocenters. The van der Waals surface area contributed by atoms with Crippen molar-refractivity contribution < 1.29 is 8.78 Å². The maximum absolute atomic E-state index is 12.9. The third-order valence-electron chi connectivity index (χ3n) is 2.77. The summed E-state index contributed by atoms with van der Waals surface area (Å²) in [5.41, 5.74) is 13.3. The number of aryl methyl sites for hydroxylation is 1. The number of azo groups is 1. The van der Waals surface area contributed by atoms with Crippen LogP contribution in [0.1, 0.15) is 17.6 Å². The fraction of sp³-hybridized carbons (Fsp3) is 0.143. The summed E-state index contributed by atoms with van der Waals surface area (Å²) in [5.74, 6) is 0. The highest BCUT2D eigenvalue weighted by molar-refractivity contribution is 5.57. The van der Waals surface area contributed by atoms with Crippen molar-refractivity contribution in [2.24, 2.45) is 10.2 Å². The first-order valence-corrected chi connectivity index (χ1v) is 5.93. The molecule has 20 heavy (non-hydrogen) atoms. The van der Waals surface area contributed by atoms with Gasteiger partial charge in [-0.1, -0.05) is 0 Å². The SMILES string of the molecule is Cc1cc(N)ccc1N=Nc1ccc(N)cc1C(F)F. The molecule has 0 spiro atoms. The second-order valence-corrected chi connectivity index (χ2v) is 4.36. The van der Waals surface area contributed by atoms with Crippen LogP contribution in [0.3, 0.4) is 0 Å². The minimum absolute atomic E-state index is 0.102. The van der Waals surface area contributed by atoms with Gasteiger partial charge in [-0.05, 0) is 48.9 Å². The third-order valence-corrected chi connectivity index (χ3v) is 2.77. The van der Waals surface area contributed by atoms with E-state index >= 15 is 0 Å². The summed E-state index contributed by atoms with van der Waals surface area (Å²) in [6.07, 6.45) is -2.65. The minimum atomic E-state index is -2.65. The number of halogens is 2. The monoisotopic (exact) mass is 276 g/mol. The Morgan fingerprint density at radius 3 is 2.05 bits per heavy atom. The lowest BCUT2D eigenvalue weighted by atomic mass is 10.1. The van der Waals surface area contributed by atoms with Crippen molar-refractivity contribution in [1.82, 2.24) is 0 Å². The zero-order valence-corrected chi connectivity index (χ0v) is 10.8. The fourth-order valence-electron chi connectivity index (χ4n) is 1.74. The topological polar surface area (TPSA) is 76.8 Å². The molecule has 0 atom stereocenters. The Labute approximate surface area is 115 Å². The highest BCUT2D eigenvalue weighted by Gasteiger charge is 2.13.